The Bertz CT molecular complexity index is 299. The fraction of sp³-hybridized carbons (Fsp3) is 0.333. The standard InChI is InChI=1S/C9H9ClFNS/c10-6-4-8-9(5-7(6)11)13-3-1-2-12-8/h4-5,12H,1-3H2. The van der Waals surface area contributed by atoms with Gasteiger partial charge in [-0.1, -0.05) is 11.6 Å². The summed E-state index contributed by atoms with van der Waals surface area (Å²) in [5.74, 6) is 0.692. The molecule has 1 aliphatic rings. The molecule has 70 valence electrons. The molecule has 1 N–H and O–H groups in total. The Labute approximate surface area is 85.7 Å². The van der Waals surface area contributed by atoms with Gasteiger partial charge in [-0.3, -0.25) is 0 Å². The van der Waals surface area contributed by atoms with Gasteiger partial charge in [-0.2, -0.15) is 0 Å². The monoisotopic (exact) mass is 217 g/mol. The predicted molar refractivity (Wildman–Crippen MR) is 55.2 cm³/mol. The summed E-state index contributed by atoms with van der Waals surface area (Å²) >= 11 is 7.35. The predicted octanol–water partition coefficient (Wildman–Crippen LogP) is 3.39. The molecular weight excluding hydrogens is 209 g/mol. The van der Waals surface area contributed by atoms with Crippen molar-refractivity contribution in [1.29, 1.82) is 0 Å². The molecule has 0 unspecified atom stereocenters. The average molecular weight is 218 g/mol. The van der Waals surface area contributed by atoms with E-state index in [0.717, 1.165) is 29.3 Å². The van der Waals surface area contributed by atoms with E-state index in [9.17, 15) is 4.39 Å². The van der Waals surface area contributed by atoms with Crippen LogP contribution in [-0.2, 0) is 0 Å². The Balaban J connectivity index is 2.43. The third-order valence-corrected chi connectivity index (χ3v) is 3.35. The maximum atomic E-state index is 13.1. The molecule has 0 fully saturated rings. The lowest BCUT2D eigenvalue weighted by Gasteiger charge is -2.07. The molecule has 4 heteroatoms. The Morgan fingerprint density at radius 2 is 2.31 bits per heavy atom. The average Bonchev–Trinajstić information content (AvgIpc) is 2.31. The van der Waals surface area contributed by atoms with Crippen LogP contribution in [0.5, 0.6) is 0 Å². The van der Waals surface area contributed by atoms with Gasteiger partial charge in [0.15, 0.2) is 0 Å². The topological polar surface area (TPSA) is 12.0 Å². The number of anilines is 1. The molecule has 0 spiro atoms. The SMILES string of the molecule is Fc1cc2c(cc1Cl)NCCCS2. The van der Waals surface area contributed by atoms with Gasteiger partial charge in [-0.15, -0.1) is 11.8 Å². The number of halogens is 2. The molecule has 0 saturated heterocycles. The van der Waals surface area contributed by atoms with Crippen molar-refractivity contribution in [2.45, 2.75) is 11.3 Å². The Hall–Kier alpha value is -0.410. The van der Waals surface area contributed by atoms with Crippen LogP contribution in [0.2, 0.25) is 5.02 Å². The van der Waals surface area contributed by atoms with Crippen LogP contribution in [0.3, 0.4) is 0 Å². The molecule has 1 aromatic carbocycles. The summed E-state index contributed by atoms with van der Waals surface area (Å²) < 4.78 is 13.1. The molecule has 1 nitrogen and oxygen atoms in total. The molecular formula is C9H9ClFNS. The first-order valence-corrected chi connectivity index (χ1v) is 5.49. The highest BCUT2D eigenvalue weighted by Crippen LogP contribution is 2.33. The molecule has 0 amide bonds. The third-order valence-electron chi connectivity index (χ3n) is 1.92. The van der Waals surface area contributed by atoms with E-state index in [1.54, 1.807) is 17.8 Å². The summed E-state index contributed by atoms with van der Waals surface area (Å²) in [4.78, 5) is 0.958. The van der Waals surface area contributed by atoms with Crippen molar-refractivity contribution >= 4 is 29.1 Å². The summed E-state index contributed by atoms with van der Waals surface area (Å²) in [6, 6.07) is 3.16. The van der Waals surface area contributed by atoms with Crippen LogP contribution in [0.1, 0.15) is 6.42 Å². The lowest BCUT2D eigenvalue weighted by Crippen LogP contribution is -2.00. The van der Waals surface area contributed by atoms with Crippen LogP contribution in [0, 0.1) is 5.82 Å². The summed E-state index contributed by atoms with van der Waals surface area (Å²) in [6.45, 7) is 0.933. The lowest BCUT2D eigenvalue weighted by molar-refractivity contribution is 0.625. The van der Waals surface area contributed by atoms with E-state index >= 15 is 0 Å². The van der Waals surface area contributed by atoms with Crippen molar-refractivity contribution in [3.63, 3.8) is 0 Å². The van der Waals surface area contributed by atoms with Crippen molar-refractivity contribution < 1.29 is 4.39 Å². The zero-order valence-corrected chi connectivity index (χ0v) is 8.51. The van der Waals surface area contributed by atoms with Crippen LogP contribution < -0.4 is 5.32 Å². The minimum absolute atomic E-state index is 0.189. The molecule has 0 aliphatic carbocycles. The molecule has 0 radical (unpaired) electrons. The highest BCUT2D eigenvalue weighted by Gasteiger charge is 2.11. The van der Waals surface area contributed by atoms with Crippen molar-refractivity contribution in [1.82, 2.24) is 0 Å². The first-order chi connectivity index (χ1) is 6.27. The minimum atomic E-state index is -0.336. The van der Waals surface area contributed by atoms with E-state index in [-0.39, 0.29) is 10.8 Å². The van der Waals surface area contributed by atoms with Crippen LogP contribution in [0.15, 0.2) is 17.0 Å². The Morgan fingerprint density at radius 3 is 3.15 bits per heavy atom. The quantitative estimate of drug-likeness (QED) is 0.715. The molecule has 1 aliphatic heterocycles. The van der Waals surface area contributed by atoms with E-state index in [2.05, 4.69) is 5.32 Å². The molecule has 0 aromatic heterocycles. The second-order valence-electron chi connectivity index (χ2n) is 2.89. The van der Waals surface area contributed by atoms with Gasteiger partial charge in [0, 0.05) is 17.1 Å². The van der Waals surface area contributed by atoms with E-state index in [1.807, 2.05) is 0 Å². The van der Waals surface area contributed by atoms with Crippen LogP contribution in [0.4, 0.5) is 10.1 Å². The molecule has 1 heterocycles. The summed E-state index contributed by atoms with van der Waals surface area (Å²) in [5.41, 5.74) is 0.953. The summed E-state index contributed by atoms with van der Waals surface area (Å²) in [6.07, 6.45) is 1.10. The first-order valence-electron chi connectivity index (χ1n) is 4.13. The van der Waals surface area contributed by atoms with E-state index < -0.39 is 0 Å². The molecule has 1 aromatic rings. The van der Waals surface area contributed by atoms with Gasteiger partial charge >= 0.3 is 0 Å². The zero-order valence-electron chi connectivity index (χ0n) is 6.94. The second-order valence-corrected chi connectivity index (χ2v) is 4.44. The number of benzene rings is 1. The largest absolute Gasteiger partial charge is 0.384 e. The molecule has 13 heavy (non-hydrogen) atoms. The highest BCUT2D eigenvalue weighted by atomic mass is 35.5. The first kappa shape index (κ1) is 9.16. The number of hydrogen-bond acceptors (Lipinski definition) is 2. The van der Waals surface area contributed by atoms with Crippen molar-refractivity contribution in [2.75, 3.05) is 17.6 Å². The van der Waals surface area contributed by atoms with Gasteiger partial charge in [0.05, 0.1) is 5.02 Å². The smallest absolute Gasteiger partial charge is 0.143 e. The zero-order chi connectivity index (χ0) is 9.26. The van der Waals surface area contributed by atoms with Gasteiger partial charge in [-0.25, -0.2) is 4.39 Å². The maximum absolute atomic E-state index is 13.1. The molecule has 0 saturated carbocycles. The number of fused-ring (bicyclic) bond motifs is 1. The number of thioether (sulfide) groups is 1. The van der Waals surface area contributed by atoms with E-state index in [4.69, 9.17) is 11.6 Å². The second kappa shape index (κ2) is 3.76. The number of nitrogens with one attached hydrogen (secondary N) is 1. The summed E-state index contributed by atoms with van der Waals surface area (Å²) in [7, 11) is 0. The fourth-order valence-electron chi connectivity index (χ4n) is 1.26. The normalized spacial score (nSPS) is 15.8. The van der Waals surface area contributed by atoms with Crippen LogP contribution in [-0.4, -0.2) is 12.3 Å². The third kappa shape index (κ3) is 1.92. The van der Waals surface area contributed by atoms with E-state index in [1.165, 1.54) is 6.07 Å². The van der Waals surface area contributed by atoms with Gasteiger partial charge in [0.2, 0.25) is 0 Å². The van der Waals surface area contributed by atoms with Gasteiger partial charge in [-0.05, 0) is 24.3 Å². The highest BCUT2D eigenvalue weighted by molar-refractivity contribution is 7.99. The van der Waals surface area contributed by atoms with Crippen molar-refractivity contribution in [3.05, 3.63) is 23.0 Å². The van der Waals surface area contributed by atoms with Crippen LogP contribution >= 0.6 is 23.4 Å². The van der Waals surface area contributed by atoms with Crippen molar-refractivity contribution in [2.24, 2.45) is 0 Å². The van der Waals surface area contributed by atoms with Gasteiger partial charge < -0.3 is 5.32 Å². The Morgan fingerprint density at radius 1 is 1.46 bits per heavy atom. The minimum Gasteiger partial charge on any atom is -0.384 e. The number of rotatable bonds is 0. The van der Waals surface area contributed by atoms with Gasteiger partial charge in [0.1, 0.15) is 5.82 Å². The molecule has 2 rings (SSSR count). The van der Waals surface area contributed by atoms with Crippen molar-refractivity contribution in [3.8, 4) is 0 Å². The fourth-order valence-corrected chi connectivity index (χ4v) is 2.41. The maximum Gasteiger partial charge on any atom is 0.143 e. The molecule has 0 atom stereocenters. The van der Waals surface area contributed by atoms with E-state index in [0.29, 0.717) is 0 Å². The summed E-state index contributed by atoms with van der Waals surface area (Å²) in [5, 5.41) is 3.41. The number of hydrogen-bond donors (Lipinski definition) is 1. The lowest BCUT2D eigenvalue weighted by atomic mass is 10.3. The van der Waals surface area contributed by atoms with Gasteiger partial charge in [0.25, 0.3) is 0 Å². The van der Waals surface area contributed by atoms with Crippen LogP contribution in [0.25, 0.3) is 0 Å². The Kier molecular flexibility index (Phi) is 2.65. The molecule has 0 bridgehead atoms.